The van der Waals surface area contributed by atoms with Crippen LogP contribution in [0.2, 0.25) is 0 Å². The van der Waals surface area contributed by atoms with Crippen molar-refractivity contribution in [1.82, 2.24) is 9.78 Å². The van der Waals surface area contributed by atoms with Gasteiger partial charge < -0.3 is 5.32 Å². The Morgan fingerprint density at radius 3 is 2.56 bits per heavy atom. The van der Waals surface area contributed by atoms with Crippen LogP contribution in [0.1, 0.15) is 10.4 Å². The minimum absolute atomic E-state index is 0.288. The van der Waals surface area contributed by atoms with Gasteiger partial charge in [-0.05, 0) is 24.3 Å². The number of rotatable bonds is 2. The Bertz CT molecular complexity index is 504. The number of halogens is 1. The highest BCUT2D eigenvalue weighted by Crippen LogP contribution is 2.08. The second-order valence-electron chi connectivity index (χ2n) is 3.30. The monoisotopic (exact) mass is 219 g/mol. The van der Waals surface area contributed by atoms with E-state index < -0.39 is 0 Å². The first-order valence-corrected chi connectivity index (χ1v) is 4.72. The fraction of sp³-hybridized carbons (Fsp3) is 0.0909. The maximum absolute atomic E-state index is 12.6. The zero-order chi connectivity index (χ0) is 11.5. The molecular weight excluding hydrogens is 209 g/mol. The van der Waals surface area contributed by atoms with Crippen molar-refractivity contribution < 1.29 is 9.18 Å². The lowest BCUT2D eigenvalue weighted by Crippen LogP contribution is -2.14. The Morgan fingerprint density at radius 1 is 1.31 bits per heavy atom. The maximum Gasteiger partial charge on any atom is 0.256 e. The fourth-order valence-corrected chi connectivity index (χ4v) is 1.29. The average Bonchev–Trinajstić information content (AvgIpc) is 2.65. The Kier molecular flexibility index (Phi) is 2.68. The molecule has 5 heteroatoms. The number of nitrogens with one attached hydrogen (secondary N) is 1. The molecule has 4 nitrogen and oxygen atoms in total. The first kappa shape index (κ1) is 10.4. The number of hydrogen-bond donors (Lipinski definition) is 1. The van der Waals surface area contributed by atoms with Crippen LogP contribution in [-0.2, 0) is 7.05 Å². The largest absolute Gasteiger partial charge is 0.307 e. The third kappa shape index (κ3) is 2.08. The van der Waals surface area contributed by atoms with Gasteiger partial charge in [-0.3, -0.25) is 9.48 Å². The summed E-state index contributed by atoms with van der Waals surface area (Å²) in [6.07, 6.45) is 1.58. The molecule has 0 aliphatic heterocycles. The van der Waals surface area contributed by atoms with Gasteiger partial charge in [-0.2, -0.15) is 5.10 Å². The van der Waals surface area contributed by atoms with Crippen molar-refractivity contribution in [1.29, 1.82) is 0 Å². The molecule has 1 heterocycles. The normalized spacial score (nSPS) is 10.1. The van der Waals surface area contributed by atoms with Gasteiger partial charge in [0.15, 0.2) is 0 Å². The second-order valence-corrected chi connectivity index (χ2v) is 3.30. The van der Waals surface area contributed by atoms with Gasteiger partial charge in [0.1, 0.15) is 11.6 Å². The number of nitrogens with zero attached hydrogens (tertiary/aromatic N) is 2. The van der Waals surface area contributed by atoms with Gasteiger partial charge in [0.25, 0.3) is 5.91 Å². The van der Waals surface area contributed by atoms with E-state index in [2.05, 4.69) is 10.4 Å². The topological polar surface area (TPSA) is 46.9 Å². The van der Waals surface area contributed by atoms with Gasteiger partial charge in [-0.25, -0.2) is 4.39 Å². The SMILES string of the molecule is Cn1nccc1NC(=O)c1ccc(F)cc1. The van der Waals surface area contributed by atoms with Crippen molar-refractivity contribution in [3.05, 3.63) is 47.9 Å². The van der Waals surface area contributed by atoms with E-state index in [9.17, 15) is 9.18 Å². The van der Waals surface area contributed by atoms with Crippen LogP contribution in [0.15, 0.2) is 36.5 Å². The van der Waals surface area contributed by atoms with E-state index in [1.807, 2.05) is 0 Å². The molecule has 1 N–H and O–H groups in total. The van der Waals surface area contributed by atoms with Crippen LogP contribution in [0, 0.1) is 5.82 Å². The molecule has 2 aromatic rings. The van der Waals surface area contributed by atoms with Crippen LogP contribution >= 0.6 is 0 Å². The minimum atomic E-state index is -0.364. The van der Waals surface area contributed by atoms with E-state index >= 15 is 0 Å². The van der Waals surface area contributed by atoms with Crippen LogP contribution in [0.25, 0.3) is 0 Å². The van der Waals surface area contributed by atoms with E-state index in [-0.39, 0.29) is 11.7 Å². The van der Waals surface area contributed by atoms with Crippen LogP contribution < -0.4 is 5.32 Å². The van der Waals surface area contributed by atoms with Crippen molar-refractivity contribution in [2.24, 2.45) is 7.05 Å². The highest BCUT2D eigenvalue weighted by atomic mass is 19.1. The number of aryl methyl sites for hydroxylation is 1. The highest BCUT2D eigenvalue weighted by Gasteiger charge is 2.07. The molecule has 0 saturated heterocycles. The number of amides is 1. The molecule has 0 aliphatic carbocycles. The van der Waals surface area contributed by atoms with Gasteiger partial charge in [-0.15, -0.1) is 0 Å². The lowest BCUT2D eigenvalue weighted by Gasteiger charge is -2.04. The lowest BCUT2D eigenvalue weighted by molar-refractivity contribution is 0.102. The Hall–Kier alpha value is -2.17. The third-order valence-electron chi connectivity index (χ3n) is 2.17. The Balaban J connectivity index is 2.15. The van der Waals surface area contributed by atoms with E-state index in [1.54, 1.807) is 24.0 Å². The number of hydrogen-bond acceptors (Lipinski definition) is 2. The summed E-state index contributed by atoms with van der Waals surface area (Å²) in [5, 5.41) is 6.58. The molecule has 1 aromatic carbocycles. The van der Waals surface area contributed by atoms with Crippen LogP contribution in [0.3, 0.4) is 0 Å². The molecule has 0 radical (unpaired) electrons. The number of anilines is 1. The van der Waals surface area contributed by atoms with Crippen LogP contribution in [0.4, 0.5) is 10.2 Å². The second kappa shape index (κ2) is 4.14. The smallest absolute Gasteiger partial charge is 0.256 e. The number of aromatic nitrogens is 2. The summed E-state index contributed by atoms with van der Waals surface area (Å²) in [7, 11) is 1.72. The third-order valence-corrected chi connectivity index (χ3v) is 2.17. The first-order chi connectivity index (χ1) is 7.66. The molecule has 0 atom stereocenters. The summed E-state index contributed by atoms with van der Waals surface area (Å²) < 4.78 is 14.2. The molecule has 0 unspecified atom stereocenters. The van der Waals surface area contributed by atoms with E-state index in [0.29, 0.717) is 11.4 Å². The number of benzene rings is 1. The maximum atomic E-state index is 12.6. The molecule has 16 heavy (non-hydrogen) atoms. The quantitative estimate of drug-likeness (QED) is 0.837. The molecule has 1 amide bonds. The van der Waals surface area contributed by atoms with Crippen molar-refractivity contribution in [3.8, 4) is 0 Å². The molecule has 0 bridgehead atoms. The number of carbonyl (C=O) groups excluding carboxylic acids is 1. The summed E-state index contributed by atoms with van der Waals surface area (Å²) in [4.78, 5) is 11.7. The number of carbonyl (C=O) groups is 1. The van der Waals surface area contributed by atoms with Crippen molar-refractivity contribution in [2.75, 3.05) is 5.32 Å². The van der Waals surface area contributed by atoms with E-state index in [1.165, 1.54) is 24.3 Å². The molecule has 82 valence electrons. The van der Waals surface area contributed by atoms with Crippen molar-refractivity contribution >= 4 is 11.7 Å². The molecule has 0 spiro atoms. The standard InChI is InChI=1S/C11H10FN3O/c1-15-10(6-7-13-15)14-11(16)8-2-4-9(12)5-3-8/h2-7H,1H3,(H,14,16). The van der Waals surface area contributed by atoms with E-state index in [0.717, 1.165) is 0 Å². The highest BCUT2D eigenvalue weighted by molar-refractivity contribution is 6.03. The summed E-state index contributed by atoms with van der Waals surface area (Å²) in [6.45, 7) is 0. The molecule has 1 aromatic heterocycles. The van der Waals surface area contributed by atoms with Gasteiger partial charge in [0.05, 0.1) is 6.20 Å². The zero-order valence-electron chi connectivity index (χ0n) is 8.64. The molecule has 0 saturated carbocycles. The summed E-state index contributed by atoms with van der Waals surface area (Å²) in [5.41, 5.74) is 0.405. The Labute approximate surface area is 91.7 Å². The Morgan fingerprint density at radius 2 is 2.00 bits per heavy atom. The van der Waals surface area contributed by atoms with Gasteiger partial charge in [0.2, 0.25) is 0 Å². The summed E-state index contributed by atoms with van der Waals surface area (Å²) in [5.74, 6) is -0.0602. The minimum Gasteiger partial charge on any atom is -0.307 e. The molecular formula is C11H10FN3O. The van der Waals surface area contributed by atoms with E-state index in [4.69, 9.17) is 0 Å². The van der Waals surface area contributed by atoms with Gasteiger partial charge in [-0.1, -0.05) is 0 Å². The van der Waals surface area contributed by atoms with Gasteiger partial charge >= 0.3 is 0 Å². The van der Waals surface area contributed by atoms with Crippen molar-refractivity contribution in [3.63, 3.8) is 0 Å². The van der Waals surface area contributed by atoms with Crippen molar-refractivity contribution in [2.45, 2.75) is 0 Å². The summed E-state index contributed by atoms with van der Waals surface area (Å²) >= 11 is 0. The average molecular weight is 219 g/mol. The van der Waals surface area contributed by atoms with Crippen LogP contribution in [0.5, 0.6) is 0 Å². The van der Waals surface area contributed by atoms with Crippen LogP contribution in [-0.4, -0.2) is 15.7 Å². The predicted octanol–water partition coefficient (Wildman–Crippen LogP) is 1.81. The first-order valence-electron chi connectivity index (χ1n) is 4.72. The summed E-state index contributed by atoms with van der Waals surface area (Å²) in [6, 6.07) is 7.04. The zero-order valence-corrected chi connectivity index (χ0v) is 8.64. The lowest BCUT2D eigenvalue weighted by atomic mass is 10.2. The van der Waals surface area contributed by atoms with Gasteiger partial charge in [0, 0.05) is 18.7 Å². The molecule has 0 fully saturated rings. The predicted molar refractivity (Wildman–Crippen MR) is 57.6 cm³/mol. The molecule has 0 aliphatic rings. The fourth-order valence-electron chi connectivity index (χ4n) is 1.29. The molecule has 2 rings (SSSR count).